The Bertz CT molecular complexity index is 372. The molecule has 17 heavy (non-hydrogen) atoms. The van der Waals surface area contributed by atoms with Crippen molar-refractivity contribution in [1.29, 1.82) is 0 Å². The summed E-state index contributed by atoms with van der Waals surface area (Å²) in [6, 6.07) is 5.14. The van der Waals surface area contributed by atoms with Gasteiger partial charge in [-0.1, -0.05) is 25.8 Å². The lowest BCUT2D eigenvalue weighted by Crippen LogP contribution is -2.01. The minimum Gasteiger partial charge on any atom is -0.478 e. The molecule has 0 unspecified atom stereocenters. The highest BCUT2D eigenvalue weighted by Crippen LogP contribution is 2.12. The fourth-order valence-corrected chi connectivity index (χ4v) is 1.63. The van der Waals surface area contributed by atoms with Crippen molar-refractivity contribution < 1.29 is 14.6 Å². The largest absolute Gasteiger partial charge is 0.478 e. The first-order valence-electron chi connectivity index (χ1n) is 6.05. The van der Waals surface area contributed by atoms with Crippen LogP contribution in [-0.4, -0.2) is 17.7 Å². The van der Waals surface area contributed by atoms with Gasteiger partial charge in [0.1, 0.15) is 0 Å². The summed E-state index contributed by atoms with van der Waals surface area (Å²) in [5.74, 6) is -0.886. The molecule has 0 fully saturated rings. The van der Waals surface area contributed by atoms with E-state index in [-0.39, 0.29) is 0 Å². The zero-order valence-corrected chi connectivity index (χ0v) is 10.5. The van der Waals surface area contributed by atoms with E-state index < -0.39 is 5.97 Å². The molecule has 0 aliphatic rings. The molecule has 0 aromatic heterocycles. The second-order valence-electron chi connectivity index (χ2n) is 4.21. The van der Waals surface area contributed by atoms with Gasteiger partial charge >= 0.3 is 5.97 Å². The van der Waals surface area contributed by atoms with E-state index in [1.54, 1.807) is 12.1 Å². The van der Waals surface area contributed by atoms with Gasteiger partial charge in [0.15, 0.2) is 0 Å². The maximum Gasteiger partial charge on any atom is 0.335 e. The van der Waals surface area contributed by atoms with Gasteiger partial charge in [-0.2, -0.15) is 0 Å². The van der Waals surface area contributed by atoms with Gasteiger partial charge < -0.3 is 9.84 Å². The highest BCUT2D eigenvalue weighted by atomic mass is 16.5. The Morgan fingerprint density at radius 3 is 2.71 bits per heavy atom. The Morgan fingerprint density at radius 2 is 2.12 bits per heavy atom. The van der Waals surface area contributed by atoms with Gasteiger partial charge in [-0.25, -0.2) is 4.79 Å². The number of aromatic carboxylic acids is 1. The van der Waals surface area contributed by atoms with Crippen molar-refractivity contribution in [2.45, 2.75) is 39.7 Å². The quantitative estimate of drug-likeness (QED) is 0.738. The first-order valence-corrected chi connectivity index (χ1v) is 6.05. The lowest BCUT2D eigenvalue weighted by atomic mass is 10.1. The number of hydrogen-bond donors (Lipinski definition) is 1. The molecule has 0 aliphatic heterocycles. The molecule has 0 saturated carbocycles. The van der Waals surface area contributed by atoms with Crippen molar-refractivity contribution in [3.63, 3.8) is 0 Å². The predicted molar refractivity (Wildman–Crippen MR) is 67.3 cm³/mol. The van der Waals surface area contributed by atoms with Crippen molar-refractivity contribution >= 4 is 5.97 Å². The second kappa shape index (κ2) is 7.07. The molecular weight excluding hydrogens is 216 g/mol. The van der Waals surface area contributed by atoms with E-state index in [0.29, 0.717) is 12.2 Å². The Kier molecular flexibility index (Phi) is 5.70. The van der Waals surface area contributed by atoms with Gasteiger partial charge in [-0.15, -0.1) is 0 Å². The van der Waals surface area contributed by atoms with Gasteiger partial charge in [-0.05, 0) is 36.6 Å². The molecule has 1 N–H and O–H groups in total. The van der Waals surface area contributed by atoms with Gasteiger partial charge in [-0.3, -0.25) is 0 Å². The number of unbranched alkanes of at least 4 members (excludes halogenated alkanes) is 2. The smallest absolute Gasteiger partial charge is 0.335 e. The minimum atomic E-state index is -0.886. The summed E-state index contributed by atoms with van der Waals surface area (Å²) in [6.07, 6.45) is 3.47. The number of ether oxygens (including phenoxy) is 1. The molecule has 0 heterocycles. The number of carbonyl (C=O) groups is 1. The number of rotatable bonds is 7. The minimum absolute atomic E-state index is 0.331. The summed E-state index contributed by atoms with van der Waals surface area (Å²) < 4.78 is 5.56. The summed E-state index contributed by atoms with van der Waals surface area (Å²) in [5.41, 5.74) is 2.36. The van der Waals surface area contributed by atoms with Crippen LogP contribution in [0.2, 0.25) is 0 Å². The summed E-state index contributed by atoms with van der Waals surface area (Å²) in [7, 11) is 0. The molecule has 0 spiro atoms. The number of hydrogen-bond acceptors (Lipinski definition) is 2. The molecule has 3 nitrogen and oxygen atoms in total. The Hall–Kier alpha value is -1.35. The number of benzene rings is 1. The first kappa shape index (κ1) is 13.7. The lowest BCUT2D eigenvalue weighted by molar-refractivity contribution is 0.0696. The van der Waals surface area contributed by atoms with Crippen LogP contribution in [-0.2, 0) is 11.3 Å². The van der Waals surface area contributed by atoms with E-state index in [0.717, 1.165) is 24.2 Å². The second-order valence-corrected chi connectivity index (χ2v) is 4.21. The highest BCUT2D eigenvalue weighted by molar-refractivity contribution is 5.87. The van der Waals surface area contributed by atoms with E-state index in [9.17, 15) is 4.79 Å². The molecule has 0 atom stereocenters. The van der Waals surface area contributed by atoms with Crippen LogP contribution in [0.15, 0.2) is 18.2 Å². The Morgan fingerprint density at radius 1 is 1.35 bits per heavy atom. The highest BCUT2D eigenvalue weighted by Gasteiger charge is 2.05. The SMILES string of the molecule is CCCCCOCc1ccc(C(=O)O)cc1C. The number of carboxylic acids is 1. The van der Waals surface area contributed by atoms with E-state index in [2.05, 4.69) is 6.92 Å². The third-order valence-corrected chi connectivity index (χ3v) is 2.74. The van der Waals surface area contributed by atoms with Crippen LogP contribution in [0.4, 0.5) is 0 Å². The summed E-state index contributed by atoms with van der Waals surface area (Å²) in [5, 5.41) is 8.84. The van der Waals surface area contributed by atoms with Crippen molar-refractivity contribution in [1.82, 2.24) is 0 Å². The summed E-state index contributed by atoms with van der Waals surface area (Å²) in [4.78, 5) is 10.8. The molecule has 0 saturated heterocycles. The Balaban J connectivity index is 2.46. The fourth-order valence-electron chi connectivity index (χ4n) is 1.63. The third-order valence-electron chi connectivity index (χ3n) is 2.74. The molecular formula is C14H20O3. The number of aryl methyl sites for hydroxylation is 1. The normalized spacial score (nSPS) is 10.5. The van der Waals surface area contributed by atoms with Gasteiger partial charge in [0.25, 0.3) is 0 Å². The topological polar surface area (TPSA) is 46.5 Å². The van der Waals surface area contributed by atoms with Gasteiger partial charge in [0.05, 0.1) is 12.2 Å². The lowest BCUT2D eigenvalue weighted by Gasteiger charge is -2.08. The summed E-state index contributed by atoms with van der Waals surface area (Å²) >= 11 is 0. The van der Waals surface area contributed by atoms with E-state index >= 15 is 0 Å². The molecule has 94 valence electrons. The zero-order chi connectivity index (χ0) is 12.7. The van der Waals surface area contributed by atoms with E-state index in [1.165, 1.54) is 12.8 Å². The Labute approximate surface area is 102 Å². The van der Waals surface area contributed by atoms with Crippen LogP contribution in [0.3, 0.4) is 0 Å². The van der Waals surface area contributed by atoms with Crippen molar-refractivity contribution in [2.75, 3.05) is 6.61 Å². The van der Waals surface area contributed by atoms with Crippen LogP contribution in [0, 0.1) is 6.92 Å². The van der Waals surface area contributed by atoms with Gasteiger partial charge in [0.2, 0.25) is 0 Å². The molecule has 0 radical (unpaired) electrons. The molecule has 0 aliphatic carbocycles. The van der Waals surface area contributed by atoms with Crippen molar-refractivity contribution in [3.05, 3.63) is 34.9 Å². The molecule has 0 amide bonds. The fraction of sp³-hybridized carbons (Fsp3) is 0.500. The third kappa shape index (κ3) is 4.57. The standard InChI is InChI=1S/C14H20O3/c1-3-4-5-8-17-10-13-7-6-12(14(15)16)9-11(13)2/h6-7,9H,3-5,8,10H2,1-2H3,(H,15,16). The monoisotopic (exact) mass is 236 g/mol. The first-order chi connectivity index (χ1) is 8.15. The predicted octanol–water partition coefficient (Wildman–Crippen LogP) is 3.40. The molecule has 1 aromatic rings. The maximum absolute atomic E-state index is 10.8. The van der Waals surface area contributed by atoms with Crippen LogP contribution < -0.4 is 0 Å². The van der Waals surface area contributed by atoms with E-state index in [4.69, 9.17) is 9.84 Å². The van der Waals surface area contributed by atoms with Crippen molar-refractivity contribution in [3.8, 4) is 0 Å². The average molecular weight is 236 g/mol. The molecule has 1 aromatic carbocycles. The maximum atomic E-state index is 10.8. The van der Waals surface area contributed by atoms with Crippen LogP contribution in [0.5, 0.6) is 0 Å². The molecule has 1 rings (SSSR count). The van der Waals surface area contributed by atoms with E-state index in [1.807, 2.05) is 13.0 Å². The van der Waals surface area contributed by atoms with Gasteiger partial charge in [0, 0.05) is 6.61 Å². The average Bonchev–Trinajstić information content (AvgIpc) is 2.30. The van der Waals surface area contributed by atoms with Crippen LogP contribution >= 0.6 is 0 Å². The molecule has 0 bridgehead atoms. The summed E-state index contributed by atoms with van der Waals surface area (Å²) in [6.45, 7) is 5.41. The molecule has 3 heteroatoms. The van der Waals surface area contributed by atoms with Crippen LogP contribution in [0.25, 0.3) is 0 Å². The van der Waals surface area contributed by atoms with Crippen molar-refractivity contribution in [2.24, 2.45) is 0 Å². The van der Waals surface area contributed by atoms with Crippen LogP contribution in [0.1, 0.15) is 47.7 Å². The zero-order valence-electron chi connectivity index (χ0n) is 10.5. The number of carboxylic acid groups (broad SMARTS) is 1.